The third-order valence-corrected chi connectivity index (χ3v) is 11.4. The van der Waals surface area contributed by atoms with E-state index in [1.807, 2.05) is 11.8 Å². The van der Waals surface area contributed by atoms with E-state index in [2.05, 4.69) is 216 Å². The third kappa shape index (κ3) is 5.54. The standard InChI is InChI=1S/C50H34N2S/c1-4-19-39(20-5-1)51(40-21-6-2-7-22-40)42-25-12-18-37(33-42)38-30-31-46-45(34-38)44-27-13-16-36-17-14-28-48(49(36)44)53-50-43-26-11-10-15-35(43)29-32-47(50)52(46)41-23-8-3-9-24-41/h1-34H. The Hall–Kier alpha value is -6.55. The highest BCUT2D eigenvalue weighted by molar-refractivity contribution is 8.00. The lowest BCUT2D eigenvalue weighted by Crippen LogP contribution is -2.12. The van der Waals surface area contributed by atoms with Gasteiger partial charge in [-0.2, -0.15) is 0 Å². The van der Waals surface area contributed by atoms with Crippen molar-refractivity contribution in [3.63, 3.8) is 0 Å². The van der Waals surface area contributed by atoms with Crippen molar-refractivity contribution in [1.29, 1.82) is 0 Å². The smallest absolute Gasteiger partial charge is 0.0607 e. The van der Waals surface area contributed by atoms with Crippen LogP contribution in [0, 0.1) is 0 Å². The van der Waals surface area contributed by atoms with Crippen molar-refractivity contribution in [1.82, 2.24) is 0 Å². The normalized spacial score (nSPS) is 12.0. The Kier molecular flexibility index (Phi) is 7.78. The summed E-state index contributed by atoms with van der Waals surface area (Å²) in [5.74, 6) is 0. The van der Waals surface area contributed by atoms with Gasteiger partial charge < -0.3 is 9.80 Å². The first-order valence-corrected chi connectivity index (χ1v) is 18.8. The number of nitrogens with zero attached hydrogens (tertiary/aromatic N) is 2. The highest BCUT2D eigenvalue weighted by atomic mass is 32.2. The summed E-state index contributed by atoms with van der Waals surface area (Å²) in [6.45, 7) is 0. The minimum Gasteiger partial charge on any atom is -0.310 e. The second kappa shape index (κ2) is 13.2. The van der Waals surface area contributed by atoms with Gasteiger partial charge in [-0.15, -0.1) is 0 Å². The van der Waals surface area contributed by atoms with Gasteiger partial charge >= 0.3 is 0 Å². The number of para-hydroxylation sites is 3. The van der Waals surface area contributed by atoms with Gasteiger partial charge in [-0.05, 0) is 106 Å². The molecule has 0 amide bonds. The van der Waals surface area contributed by atoms with Gasteiger partial charge in [0.25, 0.3) is 0 Å². The number of fused-ring (bicyclic) bond motifs is 5. The maximum atomic E-state index is 2.46. The molecule has 0 bridgehead atoms. The molecule has 10 rings (SSSR count). The average Bonchev–Trinajstić information content (AvgIpc) is 3.27. The molecule has 1 heterocycles. The van der Waals surface area contributed by atoms with Crippen molar-refractivity contribution in [2.45, 2.75) is 9.79 Å². The van der Waals surface area contributed by atoms with Crippen molar-refractivity contribution in [2.75, 3.05) is 9.80 Å². The Balaban J connectivity index is 1.23. The molecule has 0 atom stereocenters. The lowest BCUT2D eigenvalue weighted by Gasteiger charge is -2.30. The van der Waals surface area contributed by atoms with Crippen LogP contribution in [0.3, 0.4) is 0 Å². The number of anilines is 6. The van der Waals surface area contributed by atoms with E-state index in [4.69, 9.17) is 0 Å². The van der Waals surface area contributed by atoms with Crippen molar-refractivity contribution in [3.05, 3.63) is 206 Å². The molecule has 0 saturated heterocycles. The molecule has 250 valence electrons. The summed E-state index contributed by atoms with van der Waals surface area (Å²) >= 11 is 1.88. The van der Waals surface area contributed by atoms with Crippen LogP contribution in [0.25, 0.3) is 43.8 Å². The van der Waals surface area contributed by atoms with E-state index in [0.29, 0.717) is 0 Å². The van der Waals surface area contributed by atoms with Crippen LogP contribution in [-0.2, 0) is 0 Å². The van der Waals surface area contributed by atoms with Gasteiger partial charge in [0, 0.05) is 43.5 Å². The fraction of sp³-hybridized carbons (Fsp3) is 0. The zero-order chi connectivity index (χ0) is 35.1. The van der Waals surface area contributed by atoms with Gasteiger partial charge in [0.1, 0.15) is 0 Å². The van der Waals surface area contributed by atoms with Gasteiger partial charge in [-0.3, -0.25) is 0 Å². The van der Waals surface area contributed by atoms with Crippen LogP contribution in [0.1, 0.15) is 0 Å². The predicted molar refractivity (Wildman–Crippen MR) is 226 cm³/mol. The Morgan fingerprint density at radius 1 is 0.396 bits per heavy atom. The highest BCUT2D eigenvalue weighted by Gasteiger charge is 2.26. The second-order valence-corrected chi connectivity index (χ2v) is 14.4. The third-order valence-electron chi connectivity index (χ3n) is 10.2. The fourth-order valence-corrected chi connectivity index (χ4v) is 9.03. The van der Waals surface area contributed by atoms with E-state index in [9.17, 15) is 0 Å². The van der Waals surface area contributed by atoms with Crippen LogP contribution >= 0.6 is 11.8 Å². The molecule has 0 aromatic heterocycles. The molecule has 3 heteroatoms. The number of rotatable bonds is 5. The SMILES string of the molecule is c1ccc(N(c2ccccc2)c2cccc(-c3ccc4c(c3)-c3cccc5cccc(c35)Sc3c(ccc5ccccc35)N4c3ccccc3)c2)cc1. The van der Waals surface area contributed by atoms with Crippen LogP contribution in [0.4, 0.5) is 34.1 Å². The summed E-state index contributed by atoms with van der Waals surface area (Å²) in [6, 6.07) is 74.8. The van der Waals surface area contributed by atoms with Crippen molar-refractivity contribution in [2.24, 2.45) is 0 Å². The molecule has 2 nitrogen and oxygen atoms in total. The van der Waals surface area contributed by atoms with Gasteiger partial charge in [-0.1, -0.05) is 145 Å². The van der Waals surface area contributed by atoms with Crippen molar-refractivity contribution >= 4 is 67.4 Å². The van der Waals surface area contributed by atoms with E-state index in [-0.39, 0.29) is 0 Å². The first kappa shape index (κ1) is 31.2. The van der Waals surface area contributed by atoms with Crippen molar-refractivity contribution < 1.29 is 0 Å². The first-order chi connectivity index (χ1) is 26.3. The van der Waals surface area contributed by atoms with Crippen molar-refractivity contribution in [3.8, 4) is 22.3 Å². The molecule has 0 unspecified atom stereocenters. The minimum atomic E-state index is 1.11. The maximum absolute atomic E-state index is 2.46. The molecule has 0 radical (unpaired) electrons. The fourth-order valence-electron chi connectivity index (χ4n) is 7.78. The lowest BCUT2D eigenvalue weighted by molar-refractivity contribution is 1.25. The Morgan fingerprint density at radius 2 is 1.00 bits per heavy atom. The largest absolute Gasteiger partial charge is 0.310 e. The van der Waals surface area contributed by atoms with Crippen LogP contribution in [0.15, 0.2) is 216 Å². The van der Waals surface area contributed by atoms with E-state index < -0.39 is 0 Å². The number of benzene rings is 9. The summed E-state index contributed by atoms with van der Waals surface area (Å²) in [5.41, 5.74) is 11.5. The molecular weight excluding hydrogens is 661 g/mol. The van der Waals surface area contributed by atoms with E-state index in [1.54, 1.807) is 0 Å². The molecule has 53 heavy (non-hydrogen) atoms. The monoisotopic (exact) mass is 694 g/mol. The molecule has 0 spiro atoms. The molecule has 0 N–H and O–H groups in total. The molecule has 0 fully saturated rings. The van der Waals surface area contributed by atoms with E-state index >= 15 is 0 Å². The van der Waals surface area contributed by atoms with Crippen LogP contribution < -0.4 is 9.80 Å². The van der Waals surface area contributed by atoms with E-state index in [1.165, 1.54) is 53.7 Å². The minimum absolute atomic E-state index is 1.11. The average molecular weight is 695 g/mol. The lowest BCUT2D eigenvalue weighted by atomic mass is 9.92. The first-order valence-electron chi connectivity index (χ1n) is 18.0. The molecule has 9 aromatic rings. The van der Waals surface area contributed by atoms with Gasteiger partial charge in [0.15, 0.2) is 0 Å². The molecular formula is C50H34N2S. The summed E-state index contributed by atoms with van der Waals surface area (Å²) in [6.07, 6.45) is 0. The summed E-state index contributed by atoms with van der Waals surface area (Å²) < 4.78 is 0. The quantitative estimate of drug-likeness (QED) is 0.177. The maximum Gasteiger partial charge on any atom is 0.0607 e. The Labute approximate surface area is 314 Å². The predicted octanol–water partition coefficient (Wildman–Crippen LogP) is 14.7. The Morgan fingerprint density at radius 3 is 1.77 bits per heavy atom. The number of hydrogen-bond donors (Lipinski definition) is 0. The van der Waals surface area contributed by atoms with Gasteiger partial charge in [0.05, 0.1) is 11.4 Å². The van der Waals surface area contributed by atoms with Crippen LogP contribution in [0.2, 0.25) is 0 Å². The van der Waals surface area contributed by atoms with Crippen LogP contribution in [-0.4, -0.2) is 0 Å². The highest BCUT2D eigenvalue weighted by Crippen LogP contribution is 2.53. The molecule has 1 aliphatic rings. The topological polar surface area (TPSA) is 6.48 Å². The Bertz CT molecular complexity index is 2720. The van der Waals surface area contributed by atoms with Crippen LogP contribution in [0.5, 0.6) is 0 Å². The summed E-state index contributed by atoms with van der Waals surface area (Å²) in [4.78, 5) is 7.29. The second-order valence-electron chi connectivity index (χ2n) is 13.4. The summed E-state index contributed by atoms with van der Waals surface area (Å²) in [5, 5.41) is 5.01. The van der Waals surface area contributed by atoms with Gasteiger partial charge in [-0.25, -0.2) is 0 Å². The number of hydrogen-bond acceptors (Lipinski definition) is 3. The van der Waals surface area contributed by atoms with E-state index in [0.717, 1.165) is 34.0 Å². The summed E-state index contributed by atoms with van der Waals surface area (Å²) in [7, 11) is 0. The molecule has 0 saturated carbocycles. The zero-order valence-electron chi connectivity index (χ0n) is 28.9. The molecule has 1 aliphatic heterocycles. The molecule has 9 aromatic carbocycles. The zero-order valence-corrected chi connectivity index (χ0v) is 29.7. The molecule has 0 aliphatic carbocycles. The van der Waals surface area contributed by atoms with Gasteiger partial charge in [0.2, 0.25) is 0 Å².